The first-order valence-electron chi connectivity index (χ1n) is 8.15. The van der Waals surface area contributed by atoms with Crippen LogP contribution in [0.2, 0.25) is 0 Å². The maximum absolute atomic E-state index is 12.3. The SMILES string of the molecule is C[C@@H]1[C@H](N2CCOCC2)CCN1c1nc2c(cnn2C)c(=O)[nH]1. The molecule has 2 aliphatic rings. The van der Waals surface area contributed by atoms with E-state index in [9.17, 15) is 4.79 Å². The van der Waals surface area contributed by atoms with Crippen molar-refractivity contribution in [3.8, 4) is 0 Å². The molecule has 4 rings (SSSR count). The predicted molar refractivity (Wildman–Crippen MR) is 86.7 cm³/mol. The van der Waals surface area contributed by atoms with Gasteiger partial charge in [-0.2, -0.15) is 10.1 Å². The largest absolute Gasteiger partial charge is 0.379 e. The van der Waals surface area contributed by atoms with Gasteiger partial charge in [-0.05, 0) is 13.3 Å². The molecule has 2 saturated heterocycles. The summed E-state index contributed by atoms with van der Waals surface area (Å²) in [7, 11) is 1.81. The third kappa shape index (κ3) is 2.42. The van der Waals surface area contributed by atoms with Gasteiger partial charge in [0.2, 0.25) is 5.95 Å². The Morgan fingerprint density at radius 2 is 2.09 bits per heavy atom. The normalized spacial score (nSPS) is 26.3. The number of morpholine rings is 1. The number of hydrogen-bond acceptors (Lipinski definition) is 6. The second-order valence-electron chi connectivity index (χ2n) is 6.33. The average Bonchev–Trinajstić information content (AvgIpc) is 3.12. The zero-order valence-electron chi connectivity index (χ0n) is 13.5. The molecule has 8 heteroatoms. The molecule has 23 heavy (non-hydrogen) atoms. The summed E-state index contributed by atoms with van der Waals surface area (Å²) in [4.78, 5) is 24.5. The molecule has 0 aliphatic carbocycles. The number of rotatable bonds is 2. The van der Waals surface area contributed by atoms with Crippen LogP contribution in [-0.2, 0) is 11.8 Å². The Morgan fingerprint density at radius 1 is 1.30 bits per heavy atom. The van der Waals surface area contributed by atoms with E-state index in [-0.39, 0.29) is 5.56 Å². The quantitative estimate of drug-likeness (QED) is 0.837. The molecule has 4 heterocycles. The Morgan fingerprint density at radius 3 is 2.87 bits per heavy atom. The zero-order chi connectivity index (χ0) is 16.0. The minimum absolute atomic E-state index is 0.125. The summed E-state index contributed by atoms with van der Waals surface area (Å²) in [6.07, 6.45) is 2.64. The summed E-state index contributed by atoms with van der Waals surface area (Å²) in [6, 6.07) is 0.786. The van der Waals surface area contributed by atoms with Crippen LogP contribution in [0.4, 0.5) is 5.95 Å². The van der Waals surface area contributed by atoms with Gasteiger partial charge in [-0.3, -0.25) is 19.4 Å². The van der Waals surface area contributed by atoms with Crippen LogP contribution in [0.5, 0.6) is 0 Å². The lowest BCUT2D eigenvalue weighted by Crippen LogP contribution is -2.48. The highest BCUT2D eigenvalue weighted by atomic mass is 16.5. The fraction of sp³-hybridized carbons (Fsp3) is 0.667. The Balaban J connectivity index is 1.63. The molecule has 0 saturated carbocycles. The number of aromatic amines is 1. The minimum atomic E-state index is -0.125. The highest BCUT2D eigenvalue weighted by molar-refractivity contribution is 5.74. The van der Waals surface area contributed by atoms with Crippen molar-refractivity contribution in [3.63, 3.8) is 0 Å². The first-order chi connectivity index (χ1) is 11.1. The monoisotopic (exact) mass is 318 g/mol. The van der Waals surface area contributed by atoms with Gasteiger partial charge in [0.25, 0.3) is 5.56 Å². The highest BCUT2D eigenvalue weighted by Crippen LogP contribution is 2.27. The van der Waals surface area contributed by atoms with E-state index >= 15 is 0 Å². The van der Waals surface area contributed by atoms with Crippen LogP contribution in [0.15, 0.2) is 11.0 Å². The van der Waals surface area contributed by atoms with Gasteiger partial charge in [0.1, 0.15) is 5.39 Å². The summed E-state index contributed by atoms with van der Waals surface area (Å²) in [5.74, 6) is 0.648. The average molecular weight is 318 g/mol. The van der Waals surface area contributed by atoms with Crippen LogP contribution in [-0.4, -0.2) is 69.6 Å². The van der Waals surface area contributed by atoms with Crippen molar-refractivity contribution < 1.29 is 4.74 Å². The standard InChI is InChI=1S/C15H22N6O2/c1-10-12(20-5-7-23-8-6-20)3-4-21(10)15-17-13-11(14(22)18-15)9-16-19(13)2/h9-10,12H,3-8H2,1-2H3,(H,17,18,22)/t10-,12-/m1/s1. The third-order valence-corrected chi connectivity index (χ3v) is 5.09. The van der Waals surface area contributed by atoms with Gasteiger partial charge in [-0.25, -0.2) is 0 Å². The van der Waals surface area contributed by atoms with Gasteiger partial charge in [-0.15, -0.1) is 0 Å². The van der Waals surface area contributed by atoms with E-state index in [1.54, 1.807) is 10.9 Å². The van der Waals surface area contributed by atoms with E-state index in [1.807, 2.05) is 7.05 Å². The molecule has 0 aromatic carbocycles. The number of aryl methyl sites for hydroxylation is 1. The molecule has 0 bridgehead atoms. The molecule has 0 unspecified atom stereocenters. The molecular weight excluding hydrogens is 296 g/mol. The van der Waals surface area contributed by atoms with Crippen molar-refractivity contribution in [2.75, 3.05) is 37.7 Å². The van der Waals surface area contributed by atoms with E-state index in [2.05, 4.69) is 31.8 Å². The van der Waals surface area contributed by atoms with E-state index in [0.29, 0.717) is 29.1 Å². The Labute approximate surface area is 134 Å². The first-order valence-corrected chi connectivity index (χ1v) is 8.15. The maximum atomic E-state index is 12.3. The van der Waals surface area contributed by atoms with Crippen molar-refractivity contribution >= 4 is 17.0 Å². The molecular formula is C15H22N6O2. The van der Waals surface area contributed by atoms with Crippen LogP contribution in [0.3, 0.4) is 0 Å². The first kappa shape index (κ1) is 14.6. The van der Waals surface area contributed by atoms with Crippen LogP contribution in [0.1, 0.15) is 13.3 Å². The summed E-state index contributed by atoms with van der Waals surface area (Å²) >= 11 is 0. The Kier molecular flexibility index (Phi) is 3.57. The van der Waals surface area contributed by atoms with Crippen molar-refractivity contribution in [2.24, 2.45) is 7.05 Å². The molecule has 2 fully saturated rings. The van der Waals surface area contributed by atoms with E-state index in [4.69, 9.17) is 4.74 Å². The number of anilines is 1. The summed E-state index contributed by atoms with van der Waals surface area (Å²) in [6.45, 7) is 6.68. The molecule has 2 aromatic rings. The molecule has 8 nitrogen and oxygen atoms in total. The van der Waals surface area contributed by atoms with Crippen molar-refractivity contribution in [1.82, 2.24) is 24.6 Å². The molecule has 0 radical (unpaired) electrons. The fourth-order valence-corrected chi connectivity index (χ4v) is 3.78. The topological polar surface area (TPSA) is 79.3 Å². The van der Waals surface area contributed by atoms with Crippen molar-refractivity contribution in [2.45, 2.75) is 25.4 Å². The second-order valence-corrected chi connectivity index (χ2v) is 6.33. The number of hydrogen-bond donors (Lipinski definition) is 1. The zero-order valence-corrected chi connectivity index (χ0v) is 13.5. The van der Waals surface area contributed by atoms with Crippen LogP contribution < -0.4 is 10.5 Å². The number of nitrogens with zero attached hydrogens (tertiary/aromatic N) is 5. The summed E-state index contributed by atoms with van der Waals surface area (Å²) in [5, 5.41) is 4.66. The number of nitrogens with one attached hydrogen (secondary N) is 1. The van der Waals surface area contributed by atoms with Gasteiger partial charge in [0.15, 0.2) is 5.65 Å². The third-order valence-electron chi connectivity index (χ3n) is 5.09. The van der Waals surface area contributed by atoms with E-state index in [0.717, 1.165) is 39.3 Å². The molecule has 0 spiro atoms. The molecule has 2 aliphatic heterocycles. The highest BCUT2D eigenvalue weighted by Gasteiger charge is 2.36. The lowest BCUT2D eigenvalue weighted by molar-refractivity contribution is 0.0159. The number of fused-ring (bicyclic) bond motifs is 1. The maximum Gasteiger partial charge on any atom is 0.263 e. The molecule has 2 atom stereocenters. The van der Waals surface area contributed by atoms with Crippen LogP contribution >= 0.6 is 0 Å². The van der Waals surface area contributed by atoms with Gasteiger partial charge < -0.3 is 9.64 Å². The van der Waals surface area contributed by atoms with E-state index in [1.165, 1.54) is 0 Å². The van der Waals surface area contributed by atoms with Gasteiger partial charge >= 0.3 is 0 Å². The van der Waals surface area contributed by atoms with Crippen molar-refractivity contribution in [3.05, 3.63) is 16.6 Å². The van der Waals surface area contributed by atoms with Gasteiger partial charge in [0.05, 0.1) is 19.4 Å². The van der Waals surface area contributed by atoms with Crippen molar-refractivity contribution in [1.29, 1.82) is 0 Å². The molecule has 124 valence electrons. The van der Waals surface area contributed by atoms with Gasteiger partial charge in [-0.1, -0.05) is 0 Å². The number of H-pyrrole nitrogens is 1. The number of ether oxygens (including phenoxy) is 1. The lowest BCUT2D eigenvalue weighted by atomic mass is 10.1. The smallest absolute Gasteiger partial charge is 0.263 e. The lowest BCUT2D eigenvalue weighted by Gasteiger charge is -2.35. The second kappa shape index (κ2) is 5.61. The minimum Gasteiger partial charge on any atom is -0.379 e. The Bertz CT molecular complexity index is 763. The predicted octanol–water partition coefficient (Wildman–Crippen LogP) is -0.0440. The molecule has 1 N–H and O–H groups in total. The van der Waals surface area contributed by atoms with Crippen LogP contribution in [0, 0.1) is 0 Å². The van der Waals surface area contributed by atoms with Gasteiger partial charge in [0, 0.05) is 38.8 Å². The molecule has 2 aromatic heterocycles. The number of aromatic nitrogens is 4. The van der Waals surface area contributed by atoms with E-state index < -0.39 is 0 Å². The summed E-state index contributed by atoms with van der Waals surface area (Å²) in [5.41, 5.74) is 0.505. The summed E-state index contributed by atoms with van der Waals surface area (Å²) < 4.78 is 7.10. The molecule has 0 amide bonds. The fourth-order valence-electron chi connectivity index (χ4n) is 3.78. The van der Waals surface area contributed by atoms with Crippen LogP contribution in [0.25, 0.3) is 11.0 Å². The Hall–Kier alpha value is -1.93.